The Morgan fingerprint density at radius 3 is 2.29 bits per heavy atom. The summed E-state index contributed by atoms with van der Waals surface area (Å²) in [6, 6.07) is 10.4. The van der Waals surface area contributed by atoms with Crippen molar-refractivity contribution in [3.8, 4) is 11.5 Å². The summed E-state index contributed by atoms with van der Waals surface area (Å²) in [5.41, 5.74) is 1.05. The fourth-order valence-corrected chi connectivity index (χ4v) is 2.96. The summed E-state index contributed by atoms with van der Waals surface area (Å²) in [5.74, 6) is 1.60. The van der Waals surface area contributed by atoms with Crippen LogP contribution in [0.25, 0.3) is 0 Å². The quantitative estimate of drug-likeness (QED) is 0.765. The SMILES string of the molecule is CCOc1ccc(NCc2ccc(CC)s2)cc1OCC. The average Bonchev–Trinajstić information content (AvgIpc) is 2.96. The molecule has 3 nitrogen and oxygen atoms in total. The molecule has 0 aliphatic rings. The van der Waals surface area contributed by atoms with Crippen LogP contribution in [0, 0.1) is 0 Å². The topological polar surface area (TPSA) is 30.5 Å². The first-order chi connectivity index (χ1) is 10.3. The second-order valence-corrected chi connectivity index (χ2v) is 5.86. The maximum Gasteiger partial charge on any atom is 0.163 e. The molecule has 114 valence electrons. The Balaban J connectivity index is 2.03. The van der Waals surface area contributed by atoms with Crippen LogP contribution in [0.4, 0.5) is 5.69 Å². The van der Waals surface area contributed by atoms with E-state index in [-0.39, 0.29) is 0 Å². The summed E-state index contributed by atoms with van der Waals surface area (Å²) in [6.07, 6.45) is 1.10. The Morgan fingerprint density at radius 1 is 0.905 bits per heavy atom. The zero-order valence-electron chi connectivity index (χ0n) is 12.9. The minimum absolute atomic E-state index is 0.633. The summed E-state index contributed by atoms with van der Waals surface area (Å²) < 4.78 is 11.2. The lowest BCUT2D eigenvalue weighted by Gasteiger charge is -2.13. The molecular weight excluding hydrogens is 282 g/mol. The molecule has 0 spiro atoms. The molecule has 1 heterocycles. The lowest BCUT2D eigenvalue weighted by Crippen LogP contribution is -2.01. The molecule has 0 unspecified atom stereocenters. The van der Waals surface area contributed by atoms with Crippen molar-refractivity contribution in [1.82, 2.24) is 0 Å². The number of ether oxygens (including phenoxy) is 2. The molecular formula is C17H23NO2S. The smallest absolute Gasteiger partial charge is 0.163 e. The largest absolute Gasteiger partial charge is 0.490 e. The number of anilines is 1. The number of rotatable bonds is 8. The van der Waals surface area contributed by atoms with Crippen molar-refractivity contribution in [2.24, 2.45) is 0 Å². The standard InChI is InChI=1S/C17H23NO2S/c1-4-14-8-9-15(21-14)12-18-13-7-10-16(19-5-2)17(11-13)20-6-3/h7-11,18H,4-6,12H2,1-3H3. The molecule has 0 aliphatic heterocycles. The first-order valence-electron chi connectivity index (χ1n) is 7.47. The first-order valence-corrected chi connectivity index (χ1v) is 8.29. The molecule has 0 bridgehead atoms. The van der Waals surface area contributed by atoms with E-state index in [1.54, 1.807) is 0 Å². The minimum atomic E-state index is 0.633. The van der Waals surface area contributed by atoms with Gasteiger partial charge in [0.2, 0.25) is 0 Å². The number of hydrogen-bond acceptors (Lipinski definition) is 4. The number of nitrogens with one attached hydrogen (secondary N) is 1. The van der Waals surface area contributed by atoms with Crippen LogP contribution in [0.5, 0.6) is 11.5 Å². The average molecular weight is 305 g/mol. The van der Waals surface area contributed by atoms with Gasteiger partial charge in [0.05, 0.1) is 13.2 Å². The van der Waals surface area contributed by atoms with E-state index in [0.717, 1.165) is 30.2 Å². The van der Waals surface area contributed by atoms with Crippen LogP contribution in [0.2, 0.25) is 0 Å². The molecule has 1 aromatic heterocycles. The summed E-state index contributed by atoms with van der Waals surface area (Å²) in [6.45, 7) is 8.25. The normalized spacial score (nSPS) is 10.4. The van der Waals surface area contributed by atoms with Gasteiger partial charge in [0.25, 0.3) is 0 Å². The van der Waals surface area contributed by atoms with E-state index in [0.29, 0.717) is 13.2 Å². The van der Waals surface area contributed by atoms with Gasteiger partial charge in [0, 0.05) is 28.1 Å². The molecule has 21 heavy (non-hydrogen) atoms. The van der Waals surface area contributed by atoms with Crippen molar-refractivity contribution >= 4 is 17.0 Å². The minimum Gasteiger partial charge on any atom is -0.490 e. The number of thiophene rings is 1. The third-order valence-corrected chi connectivity index (χ3v) is 4.31. The van der Waals surface area contributed by atoms with E-state index in [2.05, 4.69) is 24.4 Å². The van der Waals surface area contributed by atoms with E-state index in [1.165, 1.54) is 9.75 Å². The molecule has 1 N–H and O–H groups in total. The van der Waals surface area contributed by atoms with E-state index < -0.39 is 0 Å². The zero-order valence-corrected chi connectivity index (χ0v) is 13.8. The Bertz CT molecular complexity index is 566. The van der Waals surface area contributed by atoms with Crippen LogP contribution < -0.4 is 14.8 Å². The van der Waals surface area contributed by atoms with Crippen molar-refractivity contribution in [2.45, 2.75) is 33.7 Å². The van der Waals surface area contributed by atoms with Crippen LogP contribution >= 0.6 is 11.3 Å². The van der Waals surface area contributed by atoms with E-state index >= 15 is 0 Å². The maximum atomic E-state index is 5.64. The molecule has 2 aromatic rings. The van der Waals surface area contributed by atoms with E-state index in [1.807, 2.05) is 43.4 Å². The highest BCUT2D eigenvalue weighted by molar-refractivity contribution is 7.12. The van der Waals surface area contributed by atoms with Gasteiger partial charge in [0.1, 0.15) is 0 Å². The van der Waals surface area contributed by atoms with Gasteiger partial charge in [-0.1, -0.05) is 6.92 Å². The Hall–Kier alpha value is -1.68. The molecule has 4 heteroatoms. The van der Waals surface area contributed by atoms with Crippen LogP contribution in [0.3, 0.4) is 0 Å². The van der Waals surface area contributed by atoms with Crippen LogP contribution in [0.15, 0.2) is 30.3 Å². The van der Waals surface area contributed by atoms with Gasteiger partial charge in [-0.3, -0.25) is 0 Å². The van der Waals surface area contributed by atoms with Crippen molar-refractivity contribution < 1.29 is 9.47 Å². The number of aryl methyl sites for hydroxylation is 1. The predicted octanol–water partition coefficient (Wildman–Crippen LogP) is 4.72. The summed E-state index contributed by atoms with van der Waals surface area (Å²) in [5, 5.41) is 3.44. The van der Waals surface area contributed by atoms with Crippen molar-refractivity contribution in [3.63, 3.8) is 0 Å². The fraction of sp³-hybridized carbons (Fsp3) is 0.412. The van der Waals surface area contributed by atoms with Gasteiger partial charge in [-0.25, -0.2) is 0 Å². The zero-order chi connectivity index (χ0) is 15.1. The lowest BCUT2D eigenvalue weighted by atomic mass is 10.2. The molecule has 0 amide bonds. The van der Waals surface area contributed by atoms with E-state index in [9.17, 15) is 0 Å². The Morgan fingerprint density at radius 2 is 1.62 bits per heavy atom. The fourth-order valence-electron chi connectivity index (χ4n) is 2.06. The lowest BCUT2D eigenvalue weighted by molar-refractivity contribution is 0.288. The Kier molecular flexibility index (Phi) is 5.93. The van der Waals surface area contributed by atoms with Crippen molar-refractivity contribution in [3.05, 3.63) is 40.1 Å². The second kappa shape index (κ2) is 7.93. The van der Waals surface area contributed by atoms with Gasteiger partial charge in [0.15, 0.2) is 11.5 Å². The predicted molar refractivity (Wildman–Crippen MR) is 89.8 cm³/mol. The van der Waals surface area contributed by atoms with Gasteiger partial charge >= 0.3 is 0 Å². The molecule has 0 radical (unpaired) electrons. The van der Waals surface area contributed by atoms with Crippen molar-refractivity contribution in [1.29, 1.82) is 0 Å². The maximum absolute atomic E-state index is 5.64. The van der Waals surface area contributed by atoms with Crippen LogP contribution in [0.1, 0.15) is 30.5 Å². The summed E-state index contributed by atoms with van der Waals surface area (Å²) >= 11 is 1.86. The van der Waals surface area contributed by atoms with Crippen LogP contribution in [-0.4, -0.2) is 13.2 Å². The molecule has 1 aromatic carbocycles. The Labute approximate surface area is 130 Å². The van der Waals surface area contributed by atoms with Crippen LogP contribution in [-0.2, 0) is 13.0 Å². The van der Waals surface area contributed by atoms with Gasteiger partial charge in [-0.15, -0.1) is 11.3 Å². The number of hydrogen-bond donors (Lipinski definition) is 1. The first kappa shape index (κ1) is 15.7. The van der Waals surface area contributed by atoms with Gasteiger partial charge in [-0.05, 0) is 44.5 Å². The van der Waals surface area contributed by atoms with Gasteiger partial charge in [-0.2, -0.15) is 0 Å². The summed E-state index contributed by atoms with van der Waals surface area (Å²) in [7, 11) is 0. The molecule has 0 saturated heterocycles. The molecule has 0 atom stereocenters. The van der Waals surface area contributed by atoms with Crippen molar-refractivity contribution in [2.75, 3.05) is 18.5 Å². The third-order valence-electron chi connectivity index (χ3n) is 3.08. The summed E-state index contributed by atoms with van der Waals surface area (Å²) in [4.78, 5) is 2.77. The third kappa shape index (κ3) is 4.39. The second-order valence-electron chi connectivity index (χ2n) is 4.60. The molecule has 0 fully saturated rings. The molecule has 0 saturated carbocycles. The monoisotopic (exact) mass is 305 g/mol. The van der Waals surface area contributed by atoms with E-state index in [4.69, 9.17) is 9.47 Å². The highest BCUT2D eigenvalue weighted by atomic mass is 32.1. The molecule has 0 aliphatic carbocycles. The highest BCUT2D eigenvalue weighted by Crippen LogP contribution is 2.31. The highest BCUT2D eigenvalue weighted by Gasteiger charge is 2.06. The van der Waals surface area contributed by atoms with Gasteiger partial charge < -0.3 is 14.8 Å². The molecule has 2 rings (SSSR count). The number of benzene rings is 1.